The SMILES string of the molecule is CCOC(CC)C(O)CCCC1CCCO1. The molecular weight excluding hydrogens is 204 g/mol. The van der Waals surface area contributed by atoms with Gasteiger partial charge in [-0.05, 0) is 45.4 Å². The Bertz CT molecular complexity index is 167. The molecule has 1 N–H and O–H groups in total. The van der Waals surface area contributed by atoms with Crippen molar-refractivity contribution in [2.45, 2.75) is 70.7 Å². The number of aliphatic hydroxyl groups excluding tert-OH is 1. The predicted octanol–water partition coefficient (Wildman–Crippen LogP) is 2.51. The van der Waals surface area contributed by atoms with Gasteiger partial charge in [0.1, 0.15) is 0 Å². The van der Waals surface area contributed by atoms with Crippen LogP contribution in [0.15, 0.2) is 0 Å². The second kappa shape index (κ2) is 8.04. The molecule has 0 bridgehead atoms. The molecule has 1 rings (SSSR count). The molecule has 0 aromatic carbocycles. The summed E-state index contributed by atoms with van der Waals surface area (Å²) in [5.74, 6) is 0. The molecule has 0 radical (unpaired) electrons. The molecule has 16 heavy (non-hydrogen) atoms. The first-order chi connectivity index (χ1) is 7.77. The fraction of sp³-hybridized carbons (Fsp3) is 1.00. The van der Waals surface area contributed by atoms with E-state index < -0.39 is 0 Å². The van der Waals surface area contributed by atoms with E-state index in [0.717, 1.165) is 32.3 Å². The maximum atomic E-state index is 9.95. The molecule has 0 aliphatic carbocycles. The molecule has 0 aromatic heterocycles. The Hall–Kier alpha value is -0.120. The number of hydrogen-bond donors (Lipinski definition) is 1. The maximum Gasteiger partial charge on any atom is 0.0831 e. The van der Waals surface area contributed by atoms with Gasteiger partial charge in [0.15, 0.2) is 0 Å². The van der Waals surface area contributed by atoms with E-state index >= 15 is 0 Å². The van der Waals surface area contributed by atoms with E-state index in [0.29, 0.717) is 12.7 Å². The normalized spacial score (nSPS) is 24.6. The summed E-state index contributed by atoms with van der Waals surface area (Å²) in [5, 5.41) is 9.95. The van der Waals surface area contributed by atoms with Crippen LogP contribution in [0, 0.1) is 0 Å². The minimum absolute atomic E-state index is 0.00879. The summed E-state index contributed by atoms with van der Waals surface area (Å²) in [6.07, 6.45) is 6.37. The minimum atomic E-state index is -0.314. The molecule has 3 nitrogen and oxygen atoms in total. The van der Waals surface area contributed by atoms with E-state index in [-0.39, 0.29) is 12.2 Å². The van der Waals surface area contributed by atoms with Crippen molar-refractivity contribution < 1.29 is 14.6 Å². The van der Waals surface area contributed by atoms with E-state index in [1.807, 2.05) is 6.92 Å². The lowest BCUT2D eigenvalue weighted by molar-refractivity contribution is -0.0391. The van der Waals surface area contributed by atoms with Gasteiger partial charge in [-0.1, -0.05) is 6.92 Å². The maximum absolute atomic E-state index is 9.95. The van der Waals surface area contributed by atoms with Crippen molar-refractivity contribution in [2.24, 2.45) is 0 Å². The monoisotopic (exact) mass is 230 g/mol. The van der Waals surface area contributed by atoms with E-state index in [2.05, 4.69) is 6.92 Å². The molecule has 1 fully saturated rings. The third-order valence-corrected chi connectivity index (χ3v) is 3.26. The van der Waals surface area contributed by atoms with Gasteiger partial charge >= 0.3 is 0 Å². The topological polar surface area (TPSA) is 38.7 Å². The molecule has 0 spiro atoms. The third-order valence-electron chi connectivity index (χ3n) is 3.26. The van der Waals surface area contributed by atoms with Gasteiger partial charge in [-0.15, -0.1) is 0 Å². The third kappa shape index (κ3) is 4.81. The molecule has 0 aromatic rings. The van der Waals surface area contributed by atoms with Gasteiger partial charge in [0.25, 0.3) is 0 Å². The van der Waals surface area contributed by atoms with Gasteiger partial charge in [0, 0.05) is 13.2 Å². The summed E-state index contributed by atoms with van der Waals surface area (Å²) in [6.45, 7) is 5.64. The van der Waals surface area contributed by atoms with Crippen molar-refractivity contribution in [2.75, 3.05) is 13.2 Å². The van der Waals surface area contributed by atoms with Gasteiger partial charge in [-0.2, -0.15) is 0 Å². The van der Waals surface area contributed by atoms with Crippen molar-refractivity contribution >= 4 is 0 Å². The van der Waals surface area contributed by atoms with Crippen LogP contribution in [0.4, 0.5) is 0 Å². The second-order valence-electron chi connectivity index (χ2n) is 4.54. The summed E-state index contributed by atoms with van der Waals surface area (Å²) >= 11 is 0. The molecule has 0 saturated carbocycles. The van der Waals surface area contributed by atoms with Crippen molar-refractivity contribution in [3.05, 3.63) is 0 Å². The van der Waals surface area contributed by atoms with E-state index in [1.165, 1.54) is 12.8 Å². The van der Waals surface area contributed by atoms with Crippen LogP contribution in [-0.2, 0) is 9.47 Å². The number of hydrogen-bond acceptors (Lipinski definition) is 3. The number of aliphatic hydroxyl groups is 1. The lowest BCUT2D eigenvalue weighted by Crippen LogP contribution is -2.28. The first-order valence-electron chi connectivity index (χ1n) is 6.69. The van der Waals surface area contributed by atoms with E-state index in [4.69, 9.17) is 9.47 Å². The Balaban J connectivity index is 2.09. The molecule has 1 aliphatic rings. The molecule has 3 heteroatoms. The van der Waals surface area contributed by atoms with Crippen LogP contribution in [0.2, 0.25) is 0 Å². The summed E-state index contributed by atoms with van der Waals surface area (Å²) < 4.78 is 11.1. The predicted molar refractivity (Wildman–Crippen MR) is 64.5 cm³/mol. The number of rotatable bonds is 8. The van der Waals surface area contributed by atoms with Crippen LogP contribution in [0.3, 0.4) is 0 Å². The Morgan fingerprint density at radius 1 is 1.44 bits per heavy atom. The van der Waals surface area contributed by atoms with Crippen LogP contribution in [0.5, 0.6) is 0 Å². The molecule has 1 saturated heterocycles. The Kier molecular flexibility index (Phi) is 7.01. The van der Waals surface area contributed by atoms with Crippen LogP contribution in [0.1, 0.15) is 52.4 Å². The molecule has 1 heterocycles. The highest BCUT2D eigenvalue weighted by Crippen LogP contribution is 2.19. The fourth-order valence-electron chi connectivity index (χ4n) is 2.33. The van der Waals surface area contributed by atoms with Crippen LogP contribution in [0.25, 0.3) is 0 Å². The van der Waals surface area contributed by atoms with Crippen molar-refractivity contribution in [3.8, 4) is 0 Å². The molecular formula is C13H26O3. The lowest BCUT2D eigenvalue weighted by Gasteiger charge is -2.21. The van der Waals surface area contributed by atoms with Gasteiger partial charge in [-0.3, -0.25) is 0 Å². The van der Waals surface area contributed by atoms with Crippen molar-refractivity contribution in [1.82, 2.24) is 0 Å². The average Bonchev–Trinajstić information content (AvgIpc) is 2.78. The highest BCUT2D eigenvalue weighted by molar-refractivity contribution is 4.70. The van der Waals surface area contributed by atoms with Crippen molar-refractivity contribution in [1.29, 1.82) is 0 Å². The van der Waals surface area contributed by atoms with Crippen LogP contribution >= 0.6 is 0 Å². The van der Waals surface area contributed by atoms with E-state index in [1.54, 1.807) is 0 Å². The summed E-state index contributed by atoms with van der Waals surface area (Å²) in [5.41, 5.74) is 0. The van der Waals surface area contributed by atoms with Crippen molar-refractivity contribution in [3.63, 3.8) is 0 Å². The molecule has 0 amide bonds. The zero-order valence-corrected chi connectivity index (χ0v) is 10.7. The van der Waals surface area contributed by atoms with Crippen LogP contribution in [-0.4, -0.2) is 36.6 Å². The zero-order chi connectivity index (χ0) is 11.8. The first-order valence-corrected chi connectivity index (χ1v) is 6.69. The standard InChI is InChI=1S/C13H26O3/c1-3-13(15-4-2)12(14)9-5-7-11-8-6-10-16-11/h11-14H,3-10H2,1-2H3. The van der Waals surface area contributed by atoms with E-state index in [9.17, 15) is 5.11 Å². The lowest BCUT2D eigenvalue weighted by atomic mass is 10.0. The van der Waals surface area contributed by atoms with Gasteiger partial charge in [0.05, 0.1) is 18.3 Å². The first kappa shape index (κ1) is 13.9. The molecule has 3 unspecified atom stereocenters. The van der Waals surface area contributed by atoms with Gasteiger partial charge in [-0.25, -0.2) is 0 Å². The second-order valence-corrected chi connectivity index (χ2v) is 4.54. The molecule has 96 valence electrons. The smallest absolute Gasteiger partial charge is 0.0831 e. The summed E-state index contributed by atoms with van der Waals surface area (Å²) in [6, 6.07) is 0. The largest absolute Gasteiger partial charge is 0.390 e. The molecule has 3 atom stereocenters. The highest BCUT2D eigenvalue weighted by Gasteiger charge is 2.19. The summed E-state index contributed by atoms with van der Waals surface area (Å²) in [7, 11) is 0. The highest BCUT2D eigenvalue weighted by atomic mass is 16.5. The fourth-order valence-corrected chi connectivity index (χ4v) is 2.33. The quantitative estimate of drug-likeness (QED) is 0.696. The van der Waals surface area contributed by atoms with Gasteiger partial charge in [0.2, 0.25) is 0 Å². The summed E-state index contributed by atoms with van der Waals surface area (Å²) in [4.78, 5) is 0. The number of ether oxygens (including phenoxy) is 2. The zero-order valence-electron chi connectivity index (χ0n) is 10.7. The van der Waals surface area contributed by atoms with Crippen LogP contribution < -0.4 is 0 Å². The minimum Gasteiger partial charge on any atom is -0.390 e. The Morgan fingerprint density at radius 3 is 2.81 bits per heavy atom. The molecule has 1 aliphatic heterocycles. The Morgan fingerprint density at radius 2 is 2.25 bits per heavy atom. The average molecular weight is 230 g/mol. The van der Waals surface area contributed by atoms with Gasteiger partial charge < -0.3 is 14.6 Å². The Labute approximate surface area is 99.1 Å².